The number of benzene rings is 9. The van der Waals surface area contributed by atoms with Crippen molar-refractivity contribution >= 4 is 54.4 Å². The molecule has 0 spiro atoms. The Labute approximate surface area is 379 Å². The molecule has 300 valence electrons. The van der Waals surface area contributed by atoms with Crippen LogP contribution in [0.2, 0.25) is 0 Å². The maximum absolute atomic E-state index is 5.17. The van der Waals surface area contributed by atoms with Crippen LogP contribution in [0.5, 0.6) is 0 Å². The predicted octanol–water partition coefficient (Wildman–Crippen LogP) is 14.5. The fourth-order valence-electron chi connectivity index (χ4n) is 7.63. The number of hydrogen-bond donors (Lipinski definition) is 0. The fourth-order valence-corrected chi connectivity index (χ4v) is 7.63. The first-order valence-electron chi connectivity index (χ1n) is 20.1. The van der Waals surface area contributed by atoms with Crippen LogP contribution >= 0.6 is 0 Å². The average molecular weight is 1130 g/mol. The molecule has 0 N–H and O–H groups in total. The number of imidazole rings is 2. The van der Waals surface area contributed by atoms with E-state index in [0.29, 0.717) is 0 Å². The summed E-state index contributed by atoms with van der Waals surface area (Å²) >= 11 is 0. The molecule has 0 aliphatic heterocycles. The second kappa shape index (κ2) is 20.3. The average Bonchev–Trinajstić information content (AvgIpc) is 3.93. The Morgan fingerprint density at radius 1 is 0.367 bits per heavy atom. The van der Waals surface area contributed by atoms with E-state index in [1.165, 1.54) is 32.3 Å². The Morgan fingerprint density at radius 2 is 0.800 bits per heavy atom. The van der Waals surface area contributed by atoms with Crippen molar-refractivity contribution in [3.8, 4) is 34.2 Å². The van der Waals surface area contributed by atoms with Crippen molar-refractivity contribution in [2.45, 2.75) is 27.7 Å². The summed E-state index contributed by atoms with van der Waals surface area (Å²) in [5, 5.41) is 7.29. The van der Waals surface area contributed by atoms with E-state index < -0.39 is 0 Å². The van der Waals surface area contributed by atoms with Gasteiger partial charge in [-0.05, 0) is 46.5 Å². The van der Waals surface area contributed by atoms with Crippen molar-refractivity contribution in [1.82, 2.24) is 19.1 Å². The largest absolute Gasteiger partial charge is 0.333 e. The minimum Gasteiger partial charge on any atom is -0.333 e. The normalized spacial score (nSPS) is 10.4. The third-order valence-corrected chi connectivity index (χ3v) is 10.0. The second-order valence-corrected chi connectivity index (χ2v) is 13.2. The molecule has 11 rings (SSSR count). The van der Waals surface area contributed by atoms with Crippen molar-refractivity contribution in [1.29, 1.82) is 0 Å². The maximum Gasteiger partial charge on any atom is 0.0859 e. The molecule has 9 aromatic carbocycles. The van der Waals surface area contributed by atoms with Gasteiger partial charge in [0.05, 0.1) is 33.7 Å². The molecule has 0 aliphatic rings. The Bertz CT molecular complexity index is 3090. The quantitative estimate of drug-likeness (QED) is 0.130. The van der Waals surface area contributed by atoms with Gasteiger partial charge in [-0.25, -0.2) is 0 Å². The summed E-state index contributed by atoms with van der Waals surface area (Å²) in [5.74, 6) is 1.83. The van der Waals surface area contributed by atoms with Crippen LogP contribution in [0, 0.1) is 12.1 Å². The number of fused-ring (bicyclic) bond motifs is 9. The van der Waals surface area contributed by atoms with Crippen molar-refractivity contribution in [2.75, 3.05) is 0 Å². The predicted molar refractivity (Wildman–Crippen MR) is 246 cm³/mol. The van der Waals surface area contributed by atoms with Crippen LogP contribution in [0.25, 0.3) is 88.5 Å². The number of aromatic nitrogens is 4. The van der Waals surface area contributed by atoms with Gasteiger partial charge >= 0.3 is 0 Å². The van der Waals surface area contributed by atoms with Crippen LogP contribution in [0.15, 0.2) is 194 Å². The van der Waals surface area contributed by atoms with E-state index in [0.717, 1.165) is 56.2 Å². The summed E-state index contributed by atoms with van der Waals surface area (Å²) in [6.07, 6.45) is 0. The Kier molecular flexibility index (Phi) is 14.7. The number of nitrogens with zero attached hydrogens (tertiary/aromatic N) is 4. The van der Waals surface area contributed by atoms with E-state index >= 15 is 0 Å². The fraction of sp³-hybridized carbons (Fsp3) is 0.0741. The summed E-state index contributed by atoms with van der Waals surface area (Å²) in [6, 6.07) is 73.5. The molecule has 0 atom stereocenters. The van der Waals surface area contributed by atoms with Crippen LogP contribution < -0.4 is 0 Å². The molecular formula is C54H44Ir2N4-2. The van der Waals surface area contributed by atoms with E-state index in [1.807, 2.05) is 76.2 Å². The number of para-hydroxylation sites is 2. The van der Waals surface area contributed by atoms with E-state index in [9.17, 15) is 0 Å². The SMILES string of the molecule is CC.CC.[Ir].[Ir].[c-]1ccccc1-c1nc2c3ccccc3c3ccccc3c2n1-c1ccccc1.[c-]1ccccc1-c1nc2ccc3ccccc3c2n1-c1ccccc1. The van der Waals surface area contributed by atoms with Crippen LogP contribution in [0.3, 0.4) is 0 Å². The molecular weight excluding hydrogens is 1090 g/mol. The monoisotopic (exact) mass is 1130 g/mol. The van der Waals surface area contributed by atoms with E-state index in [-0.39, 0.29) is 40.2 Å². The summed E-state index contributed by atoms with van der Waals surface area (Å²) in [4.78, 5) is 10.1. The van der Waals surface area contributed by atoms with Crippen LogP contribution in [-0.4, -0.2) is 19.1 Å². The molecule has 4 nitrogen and oxygen atoms in total. The summed E-state index contributed by atoms with van der Waals surface area (Å²) < 4.78 is 4.51. The van der Waals surface area contributed by atoms with Crippen LogP contribution in [0.4, 0.5) is 0 Å². The van der Waals surface area contributed by atoms with Crippen LogP contribution in [0.1, 0.15) is 27.7 Å². The molecule has 6 heteroatoms. The molecule has 0 bridgehead atoms. The minimum absolute atomic E-state index is 0. The van der Waals surface area contributed by atoms with Crippen LogP contribution in [-0.2, 0) is 40.2 Å². The molecule has 2 radical (unpaired) electrons. The van der Waals surface area contributed by atoms with Gasteiger partial charge in [-0.1, -0.05) is 143 Å². The third-order valence-electron chi connectivity index (χ3n) is 10.0. The van der Waals surface area contributed by atoms with Crippen molar-refractivity contribution < 1.29 is 40.2 Å². The molecule has 11 aromatic rings. The summed E-state index contributed by atoms with van der Waals surface area (Å²) in [7, 11) is 0. The summed E-state index contributed by atoms with van der Waals surface area (Å²) in [5.41, 5.74) is 8.48. The van der Waals surface area contributed by atoms with Gasteiger partial charge in [0.25, 0.3) is 0 Å². The maximum atomic E-state index is 5.17. The van der Waals surface area contributed by atoms with Gasteiger partial charge in [-0.15, -0.1) is 71.8 Å². The second-order valence-electron chi connectivity index (χ2n) is 13.2. The van der Waals surface area contributed by atoms with Crippen molar-refractivity contribution in [3.63, 3.8) is 0 Å². The van der Waals surface area contributed by atoms with Gasteiger partial charge in [-0.3, -0.25) is 9.97 Å². The van der Waals surface area contributed by atoms with Gasteiger partial charge in [0.1, 0.15) is 0 Å². The first-order chi connectivity index (χ1) is 28.8. The van der Waals surface area contributed by atoms with Crippen molar-refractivity contribution in [2.24, 2.45) is 0 Å². The number of hydrogen-bond acceptors (Lipinski definition) is 2. The van der Waals surface area contributed by atoms with E-state index in [2.05, 4.69) is 167 Å². The van der Waals surface area contributed by atoms with E-state index in [1.54, 1.807) is 0 Å². The smallest absolute Gasteiger partial charge is 0.0859 e. The molecule has 0 aliphatic carbocycles. The Balaban J connectivity index is 0.000000182. The van der Waals surface area contributed by atoms with Gasteiger partial charge < -0.3 is 9.13 Å². The standard InChI is InChI=1S/C27H17N2.C23H15N2.2C2H6.2Ir/c1-3-11-19(12-4-1)27-28-25-23-17-9-7-15-21(23)22-16-8-10-18-24(22)26(25)29(27)20-13-5-2-6-14-20;1-3-10-18(11-4-1)23-24-21-16-15-17-9-7-8-14-20(17)22(21)25(23)19-12-5-2-6-13-19;2*1-2;;/h1-11,13-18H;1-10,12-16H;2*1-2H3;;/q2*-1;;;;. The first kappa shape index (κ1) is 43.6. The van der Waals surface area contributed by atoms with Gasteiger partial charge in [0.15, 0.2) is 0 Å². The molecule has 60 heavy (non-hydrogen) atoms. The van der Waals surface area contributed by atoms with Gasteiger partial charge in [0.2, 0.25) is 0 Å². The zero-order valence-corrected chi connectivity index (χ0v) is 38.7. The molecule has 0 fully saturated rings. The summed E-state index contributed by atoms with van der Waals surface area (Å²) in [6.45, 7) is 8.00. The molecule has 2 heterocycles. The Morgan fingerprint density at radius 3 is 1.35 bits per heavy atom. The first-order valence-corrected chi connectivity index (χ1v) is 20.1. The number of rotatable bonds is 4. The molecule has 0 saturated heterocycles. The zero-order valence-electron chi connectivity index (χ0n) is 33.9. The van der Waals surface area contributed by atoms with Gasteiger partial charge in [-0.2, -0.15) is 0 Å². The third kappa shape index (κ3) is 8.25. The van der Waals surface area contributed by atoms with Gasteiger partial charge in [0, 0.05) is 67.7 Å². The van der Waals surface area contributed by atoms with Crippen molar-refractivity contribution in [3.05, 3.63) is 206 Å². The molecule has 0 amide bonds. The Hall–Kier alpha value is -6.00. The van der Waals surface area contributed by atoms with E-state index in [4.69, 9.17) is 9.97 Å². The minimum atomic E-state index is 0. The topological polar surface area (TPSA) is 35.6 Å². The molecule has 0 saturated carbocycles. The molecule has 0 unspecified atom stereocenters. The zero-order chi connectivity index (χ0) is 39.8. The molecule has 2 aromatic heterocycles.